The first-order valence-corrected chi connectivity index (χ1v) is 11.2. The van der Waals surface area contributed by atoms with Gasteiger partial charge in [0.25, 0.3) is 0 Å². The number of alkyl carbamates (subject to hydrolysis) is 1. The van der Waals surface area contributed by atoms with Crippen LogP contribution in [0.2, 0.25) is 0 Å². The van der Waals surface area contributed by atoms with Gasteiger partial charge in [-0.15, -0.1) is 0 Å². The van der Waals surface area contributed by atoms with Crippen molar-refractivity contribution in [1.82, 2.24) is 21.3 Å². The number of hydrogen-bond donors (Lipinski definition) is 4. The first kappa shape index (κ1) is 31.6. The molecule has 0 saturated heterocycles. The van der Waals surface area contributed by atoms with E-state index in [1.54, 1.807) is 48.5 Å². The van der Waals surface area contributed by atoms with Crippen LogP contribution in [-0.2, 0) is 38.2 Å². The predicted octanol–water partition coefficient (Wildman–Crippen LogP) is -0.373. The Balaban J connectivity index is 4.58. The van der Waals surface area contributed by atoms with E-state index in [9.17, 15) is 28.8 Å². The maximum Gasteiger partial charge on any atom is 0.408 e. The Labute approximate surface area is 205 Å². The van der Waals surface area contributed by atoms with Crippen molar-refractivity contribution in [3.8, 4) is 0 Å². The molecule has 0 aliphatic heterocycles. The van der Waals surface area contributed by atoms with Crippen molar-refractivity contribution < 1.29 is 43.0 Å². The van der Waals surface area contributed by atoms with Gasteiger partial charge in [-0.2, -0.15) is 0 Å². The summed E-state index contributed by atoms with van der Waals surface area (Å²) in [6.45, 7) is 10.8. The zero-order valence-electron chi connectivity index (χ0n) is 21.4. The van der Waals surface area contributed by atoms with Crippen LogP contribution in [0.1, 0.15) is 48.5 Å². The molecule has 0 bridgehead atoms. The third-order valence-electron chi connectivity index (χ3n) is 3.58. The first-order valence-electron chi connectivity index (χ1n) is 11.2. The topological polar surface area (TPSA) is 178 Å². The summed E-state index contributed by atoms with van der Waals surface area (Å²) in [6.07, 6.45) is -0.790. The van der Waals surface area contributed by atoms with E-state index >= 15 is 0 Å². The average molecular weight is 503 g/mol. The van der Waals surface area contributed by atoms with Crippen LogP contribution in [0.5, 0.6) is 0 Å². The highest BCUT2D eigenvalue weighted by Crippen LogP contribution is 2.06. The molecule has 0 spiro atoms. The van der Waals surface area contributed by atoms with Crippen molar-refractivity contribution in [2.75, 3.05) is 32.8 Å². The number of rotatable bonds is 13. The second-order valence-corrected chi connectivity index (χ2v) is 9.46. The number of ether oxygens (including phenoxy) is 3. The lowest BCUT2D eigenvalue weighted by Gasteiger charge is -2.19. The highest BCUT2D eigenvalue weighted by Gasteiger charge is 2.32. The zero-order chi connectivity index (χ0) is 27.2. The standard InChI is InChI=1S/C22H38N4O9/c1-13(2)11-33-19(30)18(20(31)34-12-14(3)4)26-17(29)10-24-15(27)8-23-16(28)9-25-21(32)35-22(5,6)7/h13-14,18H,8-12H2,1-7H3,(H,23,28)(H,24,27)(H,25,32)(H,26,29). The molecule has 0 unspecified atom stereocenters. The minimum absolute atomic E-state index is 0.0100. The second-order valence-electron chi connectivity index (χ2n) is 9.46. The van der Waals surface area contributed by atoms with Gasteiger partial charge in [0.05, 0.1) is 26.3 Å². The normalized spacial score (nSPS) is 11.0. The number of carbonyl (C=O) groups excluding carboxylic acids is 6. The fraction of sp³-hybridized carbons (Fsp3) is 0.727. The number of carbonyl (C=O) groups is 6. The summed E-state index contributed by atoms with van der Waals surface area (Å²) >= 11 is 0. The molecule has 0 fully saturated rings. The molecule has 0 rings (SSSR count). The Kier molecular flexibility index (Phi) is 14.0. The average Bonchev–Trinajstić information content (AvgIpc) is 2.73. The van der Waals surface area contributed by atoms with E-state index in [2.05, 4.69) is 21.3 Å². The summed E-state index contributed by atoms with van der Waals surface area (Å²) in [5, 5.41) is 8.91. The quantitative estimate of drug-likeness (QED) is 0.148. The Bertz CT molecular complexity index is 737. The molecule has 0 aliphatic rings. The molecule has 0 aromatic heterocycles. The summed E-state index contributed by atoms with van der Waals surface area (Å²) in [5.41, 5.74) is -0.726. The molecule has 0 atom stereocenters. The van der Waals surface area contributed by atoms with Crippen molar-refractivity contribution in [2.24, 2.45) is 11.8 Å². The van der Waals surface area contributed by atoms with Crippen molar-refractivity contribution in [3.63, 3.8) is 0 Å². The number of esters is 2. The van der Waals surface area contributed by atoms with E-state index in [4.69, 9.17) is 14.2 Å². The van der Waals surface area contributed by atoms with Gasteiger partial charge in [0, 0.05) is 0 Å². The highest BCUT2D eigenvalue weighted by atomic mass is 16.6. The van der Waals surface area contributed by atoms with E-state index in [-0.39, 0.29) is 25.0 Å². The highest BCUT2D eigenvalue weighted by molar-refractivity contribution is 6.03. The van der Waals surface area contributed by atoms with Crippen LogP contribution in [0.25, 0.3) is 0 Å². The van der Waals surface area contributed by atoms with Crippen LogP contribution >= 0.6 is 0 Å². The molecule has 0 heterocycles. The lowest BCUT2D eigenvalue weighted by atomic mass is 10.2. The fourth-order valence-electron chi connectivity index (χ4n) is 2.04. The van der Waals surface area contributed by atoms with E-state index < -0.39 is 67.0 Å². The van der Waals surface area contributed by atoms with Crippen LogP contribution in [-0.4, -0.2) is 80.2 Å². The SMILES string of the molecule is CC(C)COC(=O)C(NC(=O)CNC(=O)CNC(=O)CNC(=O)OC(C)(C)C)C(=O)OCC(C)C. The first-order chi connectivity index (χ1) is 16.1. The van der Waals surface area contributed by atoms with E-state index in [0.717, 1.165) is 0 Å². The van der Waals surface area contributed by atoms with Crippen LogP contribution in [0, 0.1) is 11.8 Å². The van der Waals surface area contributed by atoms with Gasteiger partial charge in [-0.05, 0) is 32.6 Å². The van der Waals surface area contributed by atoms with Gasteiger partial charge in [-0.1, -0.05) is 27.7 Å². The Hall–Kier alpha value is -3.38. The summed E-state index contributed by atoms with van der Waals surface area (Å²) in [7, 11) is 0. The smallest absolute Gasteiger partial charge is 0.408 e. The van der Waals surface area contributed by atoms with Gasteiger partial charge in [0.2, 0.25) is 23.8 Å². The molecule has 4 N–H and O–H groups in total. The number of hydrogen-bond acceptors (Lipinski definition) is 9. The maximum absolute atomic E-state index is 12.3. The Morgan fingerprint density at radius 2 is 1.06 bits per heavy atom. The number of amides is 4. The van der Waals surface area contributed by atoms with E-state index in [1.165, 1.54) is 0 Å². The van der Waals surface area contributed by atoms with Gasteiger partial charge in [0.15, 0.2) is 0 Å². The van der Waals surface area contributed by atoms with E-state index in [1.807, 2.05) is 0 Å². The third kappa shape index (κ3) is 16.8. The van der Waals surface area contributed by atoms with Gasteiger partial charge in [0.1, 0.15) is 12.1 Å². The van der Waals surface area contributed by atoms with Crippen molar-refractivity contribution in [2.45, 2.75) is 60.1 Å². The lowest BCUT2D eigenvalue weighted by molar-refractivity contribution is -0.161. The van der Waals surface area contributed by atoms with E-state index in [0.29, 0.717) is 0 Å². The van der Waals surface area contributed by atoms with Crippen molar-refractivity contribution >= 4 is 35.8 Å². The van der Waals surface area contributed by atoms with Gasteiger partial charge >= 0.3 is 18.0 Å². The van der Waals surface area contributed by atoms with Gasteiger partial charge in [-0.25, -0.2) is 14.4 Å². The summed E-state index contributed by atoms with van der Waals surface area (Å²) < 4.78 is 15.0. The van der Waals surface area contributed by atoms with Gasteiger partial charge < -0.3 is 35.5 Å². The van der Waals surface area contributed by atoms with Gasteiger partial charge in [-0.3, -0.25) is 14.4 Å². The third-order valence-corrected chi connectivity index (χ3v) is 3.58. The fourth-order valence-corrected chi connectivity index (χ4v) is 2.04. The predicted molar refractivity (Wildman–Crippen MR) is 124 cm³/mol. The molecule has 0 aromatic rings. The van der Waals surface area contributed by atoms with Crippen LogP contribution < -0.4 is 21.3 Å². The maximum atomic E-state index is 12.3. The molecule has 13 heteroatoms. The minimum atomic E-state index is -1.68. The molecule has 13 nitrogen and oxygen atoms in total. The molecule has 35 heavy (non-hydrogen) atoms. The largest absolute Gasteiger partial charge is 0.463 e. The van der Waals surface area contributed by atoms with Crippen molar-refractivity contribution in [1.29, 1.82) is 0 Å². The van der Waals surface area contributed by atoms with Crippen LogP contribution in [0.3, 0.4) is 0 Å². The van der Waals surface area contributed by atoms with Crippen LogP contribution in [0.4, 0.5) is 4.79 Å². The monoisotopic (exact) mass is 502 g/mol. The molecule has 0 radical (unpaired) electrons. The molecule has 0 aliphatic carbocycles. The summed E-state index contributed by atoms with van der Waals surface area (Å²) in [4.78, 5) is 71.8. The zero-order valence-corrected chi connectivity index (χ0v) is 21.4. The van der Waals surface area contributed by atoms with Crippen LogP contribution in [0.15, 0.2) is 0 Å². The molecule has 4 amide bonds. The Morgan fingerprint density at radius 3 is 1.46 bits per heavy atom. The Morgan fingerprint density at radius 1 is 0.657 bits per heavy atom. The molecule has 200 valence electrons. The molecular weight excluding hydrogens is 464 g/mol. The minimum Gasteiger partial charge on any atom is -0.463 e. The molecular formula is C22H38N4O9. The summed E-state index contributed by atoms with van der Waals surface area (Å²) in [5.74, 6) is -4.15. The summed E-state index contributed by atoms with van der Waals surface area (Å²) in [6, 6.07) is -1.68. The second kappa shape index (κ2) is 15.5. The number of nitrogens with one attached hydrogen (secondary N) is 4. The lowest BCUT2D eigenvalue weighted by Crippen LogP contribution is -2.52. The molecule has 0 aromatic carbocycles. The van der Waals surface area contributed by atoms with Crippen molar-refractivity contribution in [3.05, 3.63) is 0 Å². The molecule has 0 saturated carbocycles.